The van der Waals surface area contributed by atoms with E-state index in [1.807, 2.05) is 0 Å². The molecule has 1 aromatic rings. The number of nitrogens with zero attached hydrogens (tertiary/aromatic N) is 2. The first-order valence-electron chi connectivity index (χ1n) is 4.12. The van der Waals surface area contributed by atoms with Gasteiger partial charge in [0.15, 0.2) is 0 Å². The number of hydrogen-bond donors (Lipinski definition) is 0. The van der Waals surface area contributed by atoms with Crippen LogP contribution in [0.25, 0.3) is 0 Å². The van der Waals surface area contributed by atoms with Crippen molar-refractivity contribution in [3.63, 3.8) is 0 Å². The van der Waals surface area contributed by atoms with Crippen molar-refractivity contribution in [2.24, 2.45) is 0 Å². The minimum atomic E-state index is 0.513. The minimum absolute atomic E-state index is 0.513. The SMILES string of the molecule is ClCc1nc(Br)c2n1CCCC2. The van der Waals surface area contributed by atoms with Crippen LogP contribution in [-0.4, -0.2) is 9.55 Å². The van der Waals surface area contributed by atoms with Gasteiger partial charge < -0.3 is 4.57 Å². The molecule has 0 amide bonds. The summed E-state index contributed by atoms with van der Waals surface area (Å²) in [5.74, 6) is 1.51. The molecule has 0 spiro atoms. The number of alkyl halides is 1. The van der Waals surface area contributed by atoms with Crippen LogP contribution < -0.4 is 0 Å². The van der Waals surface area contributed by atoms with E-state index in [-0.39, 0.29) is 0 Å². The van der Waals surface area contributed by atoms with Crippen LogP contribution in [-0.2, 0) is 18.8 Å². The molecule has 0 radical (unpaired) electrons. The molecule has 0 unspecified atom stereocenters. The highest BCUT2D eigenvalue weighted by Gasteiger charge is 2.17. The summed E-state index contributed by atoms with van der Waals surface area (Å²) < 4.78 is 3.22. The van der Waals surface area contributed by atoms with Gasteiger partial charge in [-0.15, -0.1) is 11.6 Å². The topological polar surface area (TPSA) is 17.8 Å². The van der Waals surface area contributed by atoms with E-state index in [9.17, 15) is 0 Å². The van der Waals surface area contributed by atoms with E-state index in [4.69, 9.17) is 11.6 Å². The highest BCUT2D eigenvalue weighted by Crippen LogP contribution is 2.25. The van der Waals surface area contributed by atoms with Crippen molar-refractivity contribution >= 4 is 27.5 Å². The van der Waals surface area contributed by atoms with E-state index >= 15 is 0 Å². The zero-order valence-corrected chi connectivity index (χ0v) is 9.03. The highest BCUT2D eigenvalue weighted by atomic mass is 79.9. The number of aromatic nitrogens is 2. The predicted octanol–water partition coefficient (Wildman–Crippen LogP) is 2.72. The molecule has 0 atom stereocenters. The molecule has 2 heterocycles. The largest absolute Gasteiger partial charge is 0.330 e. The third-order valence-corrected chi connectivity index (χ3v) is 3.14. The predicted molar refractivity (Wildman–Crippen MR) is 52.4 cm³/mol. The Labute approximate surface area is 85.1 Å². The zero-order valence-electron chi connectivity index (χ0n) is 6.69. The second kappa shape index (κ2) is 3.38. The van der Waals surface area contributed by atoms with Crippen LogP contribution in [0.5, 0.6) is 0 Å². The minimum Gasteiger partial charge on any atom is -0.330 e. The lowest BCUT2D eigenvalue weighted by molar-refractivity contribution is 0.519. The highest BCUT2D eigenvalue weighted by molar-refractivity contribution is 9.10. The normalized spacial score (nSPS) is 16.2. The Morgan fingerprint density at radius 1 is 1.50 bits per heavy atom. The smallest absolute Gasteiger partial charge is 0.127 e. The van der Waals surface area contributed by atoms with Gasteiger partial charge in [-0.05, 0) is 35.2 Å². The summed E-state index contributed by atoms with van der Waals surface area (Å²) >= 11 is 9.23. The lowest BCUT2D eigenvalue weighted by Crippen LogP contribution is -2.12. The Bertz CT molecular complexity index is 295. The first-order chi connectivity index (χ1) is 5.83. The molecule has 1 aliphatic rings. The van der Waals surface area contributed by atoms with E-state index in [0.29, 0.717) is 5.88 Å². The van der Waals surface area contributed by atoms with E-state index < -0.39 is 0 Å². The number of hydrogen-bond acceptors (Lipinski definition) is 1. The second-order valence-electron chi connectivity index (χ2n) is 3.01. The Balaban J connectivity index is 2.47. The van der Waals surface area contributed by atoms with Crippen LogP contribution in [0.3, 0.4) is 0 Å². The molecule has 0 aliphatic carbocycles. The molecule has 12 heavy (non-hydrogen) atoms. The van der Waals surface area contributed by atoms with Gasteiger partial charge in [-0.3, -0.25) is 0 Å². The molecule has 2 nitrogen and oxygen atoms in total. The Hall–Kier alpha value is -0.0200. The van der Waals surface area contributed by atoms with Crippen LogP contribution in [0.1, 0.15) is 24.4 Å². The average molecular weight is 250 g/mol. The van der Waals surface area contributed by atoms with Crippen molar-refractivity contribution in [1.82, 2.24) is 9.55 Å². The molecule has 66 valence electrons. The summed E-state index contributed by atoms with van der Waals surface area (Å²) in [6, 6.07) is 0. The zero-order chi connectivity index (χ0) is 8.55. The van der Waals surface area contributed by atoms with E-state index in [1.54, 1.807) is 0 Å². The lowest BCUT2D eigenvalue weighted by Gasteiger charge is -2.15. The standard InChI is InChI=1S/C8H10BrClN2/c9-8-6-3-1-2-4-12(6)7(5-10)11-8/h1-5H2. The molecule has 1 aromatic heterocycles. The van der Waals surface area contributed by atoms with Gasteiger partial charge >= 0.3 is 0 Å². The van der Waals surface area contributed by atoms with Crippen molar-refractivity contribution in [2.45, 2.75) is 31.7 Å². The third-order valence-electron chi connectivity index (χ3n) is 2.27. The maximum absolute atomic E-state index is 5.77. The molecular formula is C8H10BrClN2. The molecule has 0 fully saturated rings. The van der Waals surface area contributed by atoms with E-state index in [0.717, 1.165) is 23.4 Å². The fourth-order valence-electron chi connectivity index (χ4n) is 1.67. The number of imidazole rings is 1. The Kier molecular flexibility index (Phi) is 2.42. The van der Waals surface area contributed by atoms with Crippen molar-refractivity contribution in [3.05, 3.63) is 16.1 Å². The number of fused-ring (bicyclic) bond motifs is 1. The van der Waals surface area contributed by atoms with Crippen LogP contribution in [0.15, 0.2) is 4.60 Å². The van der Waals surface area contributed by atoms with Crippen LogP contribution in [0.2, 0.25) is 0 Å². The van der Waals surface area contributed by atoms with Gasteiger partial charge in [0, 0.05) is 6.54 Å². The van der Waals surface area contributed by atoms with Crippen LogP contribution >= 0.6 is 27.5 Å². The van der Waals surface area contributed by atoms with Crippen molar-refractivity contribution in [1.29, 1.82) is 0 Å². The first kappa shape index (κ1) is 8.57. The summed E-state index contributed by atoms with van der Waals surface area (Å²) in [5, 5.41) is 0. The molecule has 0 N–H and O–H groups in total. The molecule has 0 saturated heterocycles. The molecule has 1 aliphatic heterocycles. The third kappa shape index (κ3) is 1.29. The molecule has 0 bridgehead atoms. The summed E-state index contributed by atoms with van der Waals surface area (Å²) in [6.07, 6.45) is 3.65. The summed E-state index contributed by atoms with van der Waals surface area (Å²) in [5.41, 5.74) is 1.32. The first-order valence-corrected chi connectivity index (χ1v) is 5.45. The van der Waals surface area contributed by atoms with Gasteiger partial charge in [0.2, 0.25) is 0 Å². The summed E-state index contributed by atoms with van der Waals surface area (Å²) in [7, 11) is 0. The monoisotopic (exact) mass is 248 g/mol. The quantitative estimate of drug-likeness (QED) is 0.700. The fourth-order valence-corrected chi connectivity index (χ4v) is 2.49. The molecule has 2 rings (SSSR count). The van der Waals surface area contributed by atoms with Crippen molar-refractivity contribution in [2.75, 3.05) is 0 Å². The Morgan fingerprint density at radius 2 is 2.33 bits per heavy atom. The van der Waals surface area contributed by atoms with Gasteiger partial charge in [-0.25, -0.2) is 4.98 Å². The molecular weight excluding hydrogens is 239 g/mol. The van der Waals surface area contributed by atoms with Crippen LogP contribution in [0, 0.1) is 0 Å². The Morgan fingerprint density at radius 3 is 3.08 bits per heavy atom. The fraction of sp³-hybridized carbons (Fsp3) is 0.625. The lowest BCUT2D eigenvalue weighted by atomic mass is 10.1. The van der Waals surface area contributed by atoms with Gasteiger partial charge in [0.25, 0.3) is 0 Å². The van der Waals surface area contributed by atoms with Gasteiger partial charge in [-0.1, -0.05) is 0 Å². The maximum atomic E-state index is 5.77. The van der Waals surface area contributed by atoms with Gasteiger partial charge in [0.05, 0.1) is 11.6 Å². The van der Waals surface area contributed by atoms with Crippen molar-refractivity contribution in [3.8, 4) is 0 Å². The molecule has 0 saturated carbocycles. The van der Waals surface area contributed by atoms with Crippen molar-refractivity contribution < 1.29 is 0 Å². The number of halogens is 2. The van der Waals surface area contributed by atoms with E-state index in [2.05, 4.69) is 25.5 Å². The van der Waals surface area contributed by atoms with Gasteiger partial charge in [0.1, 0.15) is 10.4 Å². The van der Waals surface area contributed by atoms with Gasteiger partial charge in [-0.2, -0.15) is 0 Å². The maximum Gasteiger partial charge on any atom is 0.127 e. The van der Waals surface area contributed by atoms with Crippen LogP contribution in [0.4, 0.5) is 0 Å². The second-order valence-corrected chi connectivity index (χ2v) is 4.03. The molecule has 4 heteroatoms. The number of rotatable bonds is 1. The average Bonchev–Trinajstić information content (AvgIpc) is 2.44. The molecule has 0 aromatic carbocycles. The summed E-state index contributed by atoms with van der Waals surface area (Å²) in [6.45, 7) is 1.08. The summed E-state index contributed by atoms with van der Waals surface area (Å²) in [4.78, 5) is 4.36. The van der Waals surface area contributed by atoms with E-state index in [1.165, 1.54) is 18.5 Å².